The van der Waals surface area contributed by atoms with Crippen LogP contribution in [-0.4, -0.2) is 16.7 Å². The van der Waals surface area contributed by atoms with Gasteiger partial charge in [-0.25, -0.2) is 0 Å². The van der Waals surface area contributed by atoms with Crippen LogP contribution in [0.5, 0.6) is 0 Å². The molecular formula is C27H21N7S2. The third-order valence-corrected chi connectivity index (χ3v) is 7.00. The molecule has 1 aliphatic rings. The van der Waals surface area contributed by atoms with Crippen molar-refractivity contribution in [3.63, 3.8) is 0 Å². The van der Waals surface area contributed by atoms with E-state index in [1.54, 1.807) is 0 Å². The summed E-state index contributed by atoms with van der Waals surface area (Å²) in [5, 5.41) is 27.8. The zero-order valence-corrected chi connectivity index (χ0v) is 20.9. The minimum absolute atomic E-state index is 0.469. The molecule has 5 aromatic rings. The Morgan fingerprint density at radius 2 is 1.47 bits per heavy atom. The summed E-state index contributed by atoms with van der Waals surface area (Å²) in [4.78, 5) is 2.44. The van der Waals surface area contributed by atoms with E-state index in [0.29, 0.717) is 15.2 Å². The first-order valence-electron chi connectivity index (χ1n) is 11.5. The Hall–Kier alpha value is -3.95. The van der Waals surface area contributed by atoms with Crippen molar-refractivity contribution in [3.05, 3.63) is 96.1 Å². The van der Waals surface area contributed by atoms with Gasteiger partial charge in [0.05, 0.1) is 17.1 Å². The summed E-state index contributed by atoms with van der Waals surface area (Å²) in [7, 11) is 0. The summed E-state index contributed by atoms with van der Waals surface area (Å²) in [6.07, 6.45) is 1.01. The zero-order valence-electron chi connectivity index (χ0n) is 19.2. The highest BCUT2D eigenvalue weighted by molar-refractivity contribution is 7.82. The number of nitrogens with zero attached hydrogens (tertiary/aromatic N) is 7. The molecule has 0 radical (unpaired) electrons. The quantitative estimate of drug-likeness (QED) is 0.185. The van der Waals surface area contributed by atoms with Crippen LogP contribution in [0.25, 0.3) is 10.8 Å². The number of azo groups is 2. The van der Waals surface area contributed by atoms with Crippen molar-refractivity contribution >= 4 is 62.6 Å². The maximum atomic E-state index is 4.45. The van der Waals surface area contributed by atoms with Gasteiger partial charge in [-0.05, 0) is 76.9 Å². The lowest BCUT2D eigenvalue weighted by Gasteiger charge is -2.20. The molecule has 0 saturated carbocycles. The average molecular weight is 508 g/mol. The monoisotopic (exact) mass is 507 g/mol. The second-order valence-corrected chi connectivity index (χ2v) is 10.1. The van der Waals surface area contributed by atoms with Crippen molar-refractivity contribution in [2.24, 2.45) is 20.5 Å². The molecule has 0 unspecified atom stereocenters. The molecule has 176 valence electrons. The summed E-state index contributed by atoms with van der Waals surface area (Å²) < 4.78 is 0.559. The first-order chi connectivity index (χ1) is 17.7. The van der Waals surface area contributed by atoms with E-state index in [2.05, 4.69) is 103 Å². The Balaban J connectivity index is 1.12. The van der Waals surface area contributed by atoms with Gasteiger partial charge in [0.15, 0.2) is 4.34 Å². The number of aromatic nitrogens is 2. The third-order valence-electron chi connectivity index (χ3n) is 6.03. The fraction of sp³-hybridized carbons (Fsp3) is 0.111. The van der Waals surface area contributed by atoms with Crippen LogP contribution in [0.15, 0.2) is 110 Å². The van der Waals surface area contributed by atoms with Crippen molar-refractivity contribution in [1.29, 1.82) is 0 Å². The number of hydrogen-bond donors (Lipinski definition) is 1. The molecule has 7 nitrogen and oxygen atoms in total. The van der Waals surface area contributed by atoms with E-state index in [0.717, 1.165) is 30.9 Å². The first-order valence-corrected chi connectivity index (χ1v) is 12.8. The lowest BCUT2D eigenvalue weighted by atomic mass is 10.1. The summed E-state index contributed by atoms with van der Waals surface area (Å²) in [5.41, 5.74) is 6.21. The van der Waals surface area contributed by atoms with Gasteiger partial charge in [0, 0.05) is 18.8 Å². The molecule has 0 aliphatic carbocycles. The van der Waals surface area contributed by atoms with Crippen LogP contribution >= 0.6 is 24.0 Å². The van der Waals surface area contributed by atoms with Gasteiger partial charge in [0.25, 0.3) is 5.13 Å². The van der Waals surface area contributed by atoms with Crippen LogP contribution in [-0.2, 0) is 13.0 Å². The van der Waals surface area contributed by atoms with Crippen LogP contribution in [0.4, 0.5) is 27.9 Å². The van der Waals surface area contributed by atoms with Gasteiger partial charge in [-0.1, -0.05) is 47.7 Å². The van der Waals surface area contributed by atoms with E-state index in [4.69, 9.17) is 0 Å². The second-order valence-electron chi connectivity index (χ2n) is 8.45. The molecule has 0 spiro atoms. The van der Waals surface area contributed by atoms with Crippen molar-refractivity contribution in [2.75, 3.05) is 11.4 Å². The molecule has 36 heavy (non-hydrogen) atoms. The molecule has 9 heteroatoms. The fourth-order valence-electron chi connectivity index (χ4n) is 4.29. The SMILES string of the molecule is Sc1nnc(N=Nc2ccc(N=Nc3ccc4c(c3)CCN4Cc3ccc4ccccc4c3)cc2)s1. The Labute approximate surface area is 217 Å². The highest BCUT2D eigenvalue weighted by Gasteiger charge is 2.19. The van der Waals surface area contributed by atoms with Crippen molar-refractivity contribution in [2.45, 2.75) is 17.3 Å². The van der Waals surface area contributed by atoms with Gasteiger partial charge in [0.2, 0.25) is 0 Å². The fourth-order valence-corrected chi connectivity index (χ4v) is 4.99. The summed E-state index contributed by atoms with van der Waals surface area (Å²) in [6, 6.07) is 28.9. The predicted molar refractivity (Wildman–Crippen MR) is 147 cm³/mol. The van der Waals surface area contributed by atoms with Crippen molar-refractivity contribution in [1.82, 2.24) is 10.2 Å². The highest BCUT2D eigenvalue weighted by atomic mass is 32.2. The first kappa shape index (κ1) is 22.5. The topological polar surface area (TPSA) is 78.5 Å². The zero-order chi connectivity index (χ0) is 24.3. The highest BCUT2D eigenvalue weighted by Crippen LogP contribution is 2.33. The predicted octanol–water partition coefficient (Wildman–Crippen LogP) is 8.37. The van der Waals surface area contributed by atoms with E-state index >= 15 is 0 Å². The molecule has 1 aromatic heterocycles. The van der Waals surface area contributed by atoms with Gasteiger partial charge in [-0.2, -0.15) is 10.2 Å². The average Bonchev–Trinajstić information content (AvgIpc) is 3.52. The molecule has 0 N–H and O–H groups in total. The normalized spacial score (nSPS) is 13.3. The summed E-state index contributed by atoms with van der Waals surface area (Å²) in [6.45, 7) is 1.91. The van der Waals surface area contributed by atoms with Crippen molar-refractivity contribution < 1.29 is 0 Å². The Morgan fingerprint density at radius 1 is 0.750 bits per heavy atom. The van der Waals surface area contributed by atoms with Crippen LogP contribution in [0.3, 0.4) is 0 Å². The number of rotatable bonds is 6. The Bertz CT molecular complexity index is 1590. The number of hydrogen-bond acceptors (Lipinski definition) is 9. The third kappa shape index (κ3) is 5.02. The number of benzene rings is 4. The van der Waals surface area contributed by atoms with Gasteiger partial charge >= 0.3 is 0 Å². The van der Waals surface area contributed by atoms with E-state index < -0.39 is 0 Å². The number of fused-ring (bicyclic) bond motifs is 2. The maximum absolute atomic E-state index is 4.45. The van der Waals surface area contributed by atoms with Gasteiger partial charge in [0.1, 0.15) is 0 Å². The molecule has 0 bridgehead atoms. The largest absolute Gasteiger partial charge is 0.367 e. The van der Waals surface area contributed by atoms with Crippen LogP contribution in [0.2, 0.25) is 0 Å². The van der Waals surface area contributed by atoms with Crippen LogP contribution < -0.4 is 4.90 Å². The second kappa shape index (κ2) is 9.96. The van der Waals surface area contributed by atoms with Crippen LogP contribution in [0.1, 0.15) is 11.1 Å². The molecule has 1 aliphatic heterocycles. The number of thiol groups is 1. The molecule has 2 heterocycles. The Kier molecular flexibility index (Phi) is 6.23. The Morgan fingerprint density at radius 3 is 2.25 bits per heavy atom. The van der Waals surface area contributed by atoms with Crippen LogP contribution in [0, 0.1) is 0 Å². The van der Waals surface area contributed by atoms with Crippen molar-refractivity contribution in [3.8, 4) is 0 Å². The molecule has 6 rings (SSSR count). The van der Waals surface area contributed by atoms with E-state index in [-0.39, 0.29) is 0 Å². The molecule has 4 aromatic carbocycles. The molecular weight excluding hydrogens is 486 g/mol. The smallest absolute Gasteiger partial charge is 0.252 e. The van der Waals surface area contributed by atoms with E-state index in [1.807, 2.05) is 30.3 Å². The van der Waals surface area contributed by atoms with E-state index in [9.17, 15) is 0 Å². The van der Waals surface area contributed by atoms with Gasteiger partial charge in [-0.15, -0.1) is 33.1 Å². The molecule has 0 saturated heterocycles. The molecule has 0 atom stereocenters. The summed E-state index contributed by atoms with van der Waals surface area (Å²) >= 11 is 5.40. The maximum Gasteiger partial charge on any atom is 0.252 e. The lowest BCUT2D eigenvalue weighted by Crippen LogP contribution is -2.19. The van der Waals surface area contributed by atoms with E-state index in [1.165, 1.54) is 38.9 Å². The number of anilines is 1. The summed E-state index contributed by atoms with van der Waals surface area (Å²) in [5.74, 6) is 0. The molecule has 0 fully saturated rings. The van der Waals surface area contributed by atoms with Gasteiger partial charge in [-0.3, -0.25) is 0 Å². The minimum Gasteiger partial charge on any atom is -0.367 e. The molecule has 0 amide bonds. The minimum atomic E-state index is 0.469. The van der Waals surface area contributed by atoms with Gasteiger partial charge < -0.3 is 4.90 Å². The lowest BCUT2D eigenvalue weighted by molar-refractivity contribution is 0.837. The standard InChI is InChI=1S/C27H21N7S2/c35-27-33-32-26(36-27)31-29-23-9-7-22(8-10-23)28-30-24-11-12-25-21(16-24)13-14-34(25)17-18-5-6-19-3-1-2-4-20(19)15-18/h1-12,15-16H,13-14,17H2,(H,33,35).